The van der Waals surface area contributed by atoms with E-state index in [4.69, 9.17) is 0 Å². The maximum absolute atomic E-state index is 11.7. The molecule has 24 heavy (non-hydrogen) atoms. The standard InChI is InChI=1S/C20H12N2O2/c23-17-10-16(21-20(24)22-17)14-8-6-13-5-4-11-2-1-3-12-7-9-15(14)19(13)18(11)12/h1-10H,(H2,21,22,23,24). The van der Waals surface area contributed by atoms with Crippen molar-refractivity contribution >= 4 is 32.3 Å². The lowest BCUT2D eigenvalue weighted by Gasteiger charge is -2.13. The van der Waals surface area contributed by atoms with Crippen LogP contribution in [-0.4, -0.2) is 9.97 Å². The molecular weight excluding hydrogens is 300 g/mol. The quantitative estimate of drug-likeness (QED) is 0.464. The van der Waals surface area contributed by atoms with Crippen LogP contribution < -0.4 is 11.2 Å². The molecule has 0 aliphatic carbocycles. The summed E-state index contributed by atoms with van der Waals surface area (Å²) in [6.07, 6.45) is 0. The molecule has 0 atom stereocenters. The summed E-state index contributed by atoms with van der Waals surface area (Å²) in [5, 5.41) is 6.90. The molecule has 114 valence electrons. The second kappa shape index (κ2) is 4.55. The van der Waals surface area contributed by atoms with E-state index in [9.17, 15) is 9.59 Å². The summed E-state index contributed by atoms with van der Waals surface area (Å²) >= 11 is 0. The molecule has 0 saturated heterocycles. The van der Waals surface area contributed by atoms with Gasteiger partial charge in [-0.15, -0.1) is 0 Å². The highest BCUT2D eigenvalue weighted by Crippen LogP contribution is 2.38. The average Bonchev–Trinajstić information content (AvgIpc) is 2.58. The number of H-pyrrole nitrogens is 2. The average molecular weight is 312 g/mol. The minimum atomic E-state index is -0.497. The third-order valence-electron chi connectivity index (χ3n) is 4.58. The zero-order chi connectivity index (χ0) is 16.3. The van der Waals surface area contributed by atoms with Crippen molar-refractivity contribution in [1.82, 2.24) is 9.97 Å². The van der Waals surface area contributed by atoms with Crippen molar-refractivity contribution in [3.63, 3.8) is 0 Å². The van der Waals surface area contributed by atoms with Crippen molar-refractivity contribution in [2.45, 2.75) is 0 Å². The predicted octanol–water partition coefficient (Wildman–Crippen LogP) is 3.63. The monoisotopic (exact) mass is 312 g/mol. The molecule has 0 amide bonds. The number of aromatic nitrogens is 2. The molecule has 0 aliphatic rings. The van der Waals surface area contributed by atoms with Gasteiger partial charge in [-0.2, -0.15) is 0 Å². The Hall–Kier alpha value is -3.40. The van der Waals surface area contributed by atoms with Crippen LogP contribution >= 0.6 is 0 Å². The van der Waals surface area contributed by atoms with Gasteiger partial charge in [-0.3, -0.25) is 9.78 Å². The van der Waals surface area contributed by atoms with Gasteiger partial charge in [-0.25, -0.2) is 4.79 Å². The van der Waals surface area contributed by atoms with Gasteiger partial charge in [0, 0.05) is 11.6 Å². The second-order valence-corrected chi connectivity index (χ2v) is 5.97. The van der Waals surface area contributed by atoms with Gasteiger partial charge in [0.1, 0.15) is 0 Å². The van der Waals surface area contributed by atoms with Crippen LogP contribution in [0.4, 0.5) is 0 Å². The first-order valence-electron chi connectivity index (χ1n) is 7.71. The van der Waals surface area contributed by atoms with Crippen LogP contribution in [0.3, 0.4) is 0 Å². The lowest BCUT2D eigenvalue weighted by Crippen LogP contribution is -2.21. The predicted molar refractivity (Wildman–Crippen MR) is 96.8 cm³/mol. The van der Waals surface area contributed by atoms with Crippen molar-refractivity contribution in [2.24, 2.45) is 0 Å². The normalized spacial score (nSPS) is 11.7. The van der Waals surface area contributed by atoms with Gasteiger partial charge in [0.25, 0.3) is 5.56 Å². The highest BCUT2D eigenvalue weighted by Gasteiger charge is 2.12. The van der Waals surface area contributed by atoms with Crippen LogP contribution in [-0.2, 0) is 0 Å². The minimum Gasteiger partial charge on any atom is -0.307 e. The van der Waals surface area contributed by atoms with Gasteiger partial charge in [0.2, 0.25) is 0 Å². The Balaban J connectivity index is 2.01. The first-order valence-corrected chi connectivity index (χ1v) is 7.71. The molecular formula is C20H12N2O2. The van der Waals surface area contributed by atoms with E-state index in [1.54, 1.807) is 0 Å². The van der Waals surface area contributed by atoms with E-state index in [-0.39, 0.29) is 0 Å². The highest BCUT2D eigenvalue weighted by atomic mass is 16.2. The van der Waals surface area contributed by atoms with E-state index < -0.39 is 11.2 Å². The van der Waals surface area contributed by atoms with Gasteiger partial charge in [0.15, 0.2) is 0 Å². The molecule has 0 aliphatic heterocycles. The van der Waals surface area contributed by atoms with Crippen LogP contribution in [0, 0.1) is 0 Å². The van der Waals surface area contributed by atoms with E-state index in [1.807, 2.05) is 12.1 Å². The van der Waals surface area contributed by atoms with Crippen LogP contribution in [0.15, 0.2) is 70.3 Å². The number of benzene rings is 4. The molecule has 1 aromatic heterocycles. The fourth-order valence-corrected chi connectivity index (χ4v) is 3.58. The number of hydrogen-bond donors (Lipinski definition) is 2. The SMILES string of the molecule is O=c1cc(-c2ccc3ccc4cccc5ccc2c3c45)[nH]c(=O)[nH]1. The maximum atomic E-state index is 11.7. The van der Waals surface area contributed by atoms with Crippen LogP contribution in [0.5, 0.6) is 0 Å². The van der Waals surface area contributed by atoms with Crippen molar-refractivity contribution in [3.05, 3.63) is 81.5 Å². The number of aromatic amines is 2. The summed E-state index contributed by atoms with van der Waals surface area (Å²) in [5.74, 6) is 0. The van der Waals surface area contributed by atoms with E-state index in [2.05, 4.69) is 52.4 Å². The summed E-state index contributed by atoms with van der Waals surface area (Å²) in [6, 6.07) is 20.0. The Labute approximate surface area is 135 Å². The number of nitrogens with one attached hydrogen (secondary N) is 2. The summed E-state index contributed by atoms with van der Waals surface area (Å²) in [7, 11) is 0. The van der Waals surface area contributed by atoms with Crippen molar-refractivity contribution in [2.75, 3.05) is 0 Å². The topological polar surface area (TPSA) is 65.7 Å². The third kappa shape index (κ3) is 1.74. The Morgan fingerprint density at radius 1 is 0.667 bits per heavy atom. The first-order chi connectivity index (χ1) is 11.7. The molecule has 5 aromatic rings. The fourth-order valence-electron chi connectivity index (χ4n) is 3.58. The molecule has 5 rings (SSSR count). The van der Waals surface area contributed by atoms with E-state index in [1.165, 1.54) is 22.2 Å². The molecule has 4 aromatic carbocycles. The molecule has 2 N–H and O–H groups in total. The van der Waals surface area contributed by atoms with Crippen LogP contribution in [0.1, 0.15) is 0 Å². The molecule has 0 fully saturated rings. The maximum Gasteiger partial charge on any atom is 0.326 e. The molecule has 4 nitrogen and oxygen atoms in total. The Kier molecular flexibility index (Phi) is 2.48. The summed E-state index contributed by atoms with van der Waals surface area (Å²) in [5.41, 5.74) is 0.480. The molecule has 0 unspecified atom stereocenters. The zero-order valence-electron chi connectivity index (χ0n) is 12.6. The molecule has 1 heterocycles. The lowest BCUT2D eigenvalue weighted by atomic mass is 9.91. The van der Waals surface area contributed by atoms with Gasteiger partial charge < -0.3 is 4.98 Å². The molecule has 0 spiro atoms. The highest BCUT2D eigenvalue weighted by molar-refractivity contribution is 6.25. The molecule has 0 bridgehead atoms. The van der Waals surface area contributed by atoms with E-state index in [0.29, 0.717) is 5.69 Å². The summed E-state index contributed by atoms with van der Waals surface area (Å²) < 4.78 is 0. The molecule has 0 radical (unpaired) electrons. The van der Waals surface area contributed by atoms with E-state index in [0.717, 1.165) is 21.7 Å². The van der Waals surface area contributed by atoms with E-state index >= 15 is 0 Å². The molecule has 4 heteroatoms. The fraction of sp³-hybridized carbons (Fsp3) is 0. The van der Waals surface area contributed by atoms with Gasteiger partial charge in [-0.1, -0.05) is 54.6 Å². The zero-order valence-corrected chi connectivity index (χ0v) is 12.6. The van der Waals surface area contributed by atoms with Crippen LogP contribution in [0.2, 0.25) is 0 Å². The second-order valence-electron chi connectivity index (χ2n) is 5.97. The lowest BCUT2D eigenvalue weighted by molar-refractivity contribution is 1.04. The smallest absolute Gasteiger partial charge is 0.307 e. The van der Waals surface area contributed by atoms with Crippen molar-refractivity contribution < 1.29 is 0 Å². The number of hydrogen-bond acceptors (Lipinski definition) is 2. The van der Waals surface area contributed by atoms with Gasteiger partial charge in [-0.05, 0) is 32.3 Å². The van der Waals surface area contributed by atoms with Crippen molar-refractivity contribution in [3.8, 4) is 11.3 Å². The Morgan fingerprint density at radius 2 is 1.33 bits per heavy atom. The van der Waals surface area contributed by atoms with Crippen molar-refractivity contribution in [1.29, 1.82) is 0 Å². The largest absolute Gasteiger partial charge is 0.326 e. The van der Waals surface area contributed by atoms with Crippen LogP contribution in [0.25, 0.3) is 43.6 Å². The summed E-state index contributed by atoms with van der Waals surface area (Å²) in [4.78, 5) is 28.3. The number of rotatable bonds is 1. The minimum absolute atomic E-state index is 0.403. The summed E-state index contributed by atoms with van der Waals surface area (Å²) in [6.45, 7) is 0. The Bertz CT molecular complexity index is 1300. The first kappa shape index (κ1) is 13.1. The third-order valence-corrected chi connectivity index (χ3v) is 4.58. The Morgan fingerprint density at radius 3 is 2.08 bits per heavy atom. The van der Waals surface area contributed by atoms with Gasteiger partial charge >= 0.3 is 5.69 Å². The van der Waals surface area contributed by atoms with Gasteiger partial charge in [0.05, 0.1) is 5.69 Å². The molecule has 0 saturated carbocycles.